The van der Waals surface area contributed by atoms with Crippen LogP contribution in [-0.2, 0) is 23.2 Å². The van der Waals surface area contributed by atoms with Gasteiger partial charge < -0.3 is 14.9 Å². The minimum absolute atomic E-state index is 0.0443. The van der Waals surface area contributed by atoms with Crippen molar-refractivity contribution in [2.45, 2.75) is 42.5 Å². The van der Waals surface area contributed by atoms with Crippen LogP contribution in [0.1, 0.15) is 23.1 Å². The molecule has 1 saturated heterocycles. The van der Waals surface area contributed by atoms with E-state index in [0.717, 1.165) is 24.2 Å². The molecule has 5 heteroatoms. The standard InChI is InChI=1S/C23H21NO4/c25-16-7-6-15-12-18-23(27)9-8-17(26)21-22(23,19(15)20(16)28-21)10-11-24(18)13-14-4-2-1-3-5-14/h1-9,18,21,25,27H,10-13H2/t18-,21+,22?,23-/m1/s1. The minimum Gasteiger partial charge on any atom is -0.504 e. The number of phenols is 1. The van der Waals surface area contributed by atoms with Crippen molar-refractivity contribution < 1.29 is 19.7 Å². The molecule has 0 aromatic heterocycles. The van der Waals surface area contributed by atoms with E-state index in [1.807, 2.05) is 24.3 Å². The van der Waals surface area contributed by atoms with Gasteiger partial charge in [-0.25, -0.2) is 0 Å². The summed E-state index contributed by atoms with van der Waals surface area (Å²) in [5, 5.41) is 22.4. The molecule has 0 saturated carbocycles. The van der Waals surface area contributed by atoms with Crippen molar-refractivity contribution in [1.82, 2.24) is 4.90 Å². The zero-order valence-corrected chi connectivity index (χ0v) is 15.3. The largest absolute Gasteiger partial charge is 0.504 e. The molecule has 4 aliphatic rings. The lowest BCUT2D eigenvalue weighted by Gasteiger charge is -2.60. The van der Waals surface area contributed by atoms with Crippen LogP contribution < -0.4 is 4.74 Å². The fraction of sp³-hybridized carbons (Fsp3) is 0.348. The summed E-state index contributed by atoms with van der Waals surface area (Å²) >= 11 is 0. The molecular weight excluding hydrogens is 354 g/mol. The van der Waals surface area contributed by atoms with E-state index < -0.39 is 17.1 Å². The van der Waals surface area contributed by atoms with Gasteiger partial charge in [0.25, 0.3) is 0 Å². The molecule has 2 aromatic carbocycles. The zero-order chi connectivity index (χ0) is 19.1. The first-order valence-electron chi connectivity index (χ1n) is 9.80. The molecule has 2 N–H and O–H groups in total. The van der Waals surface area contributed by atoms with Crippen LogP contribution >= 0.6 is 0 Å². The highest BCUT2D eigenvalue weighted by Crippen LogP contribution is 2.63. The molecule has 0 radical (unpaired) electrons. The highest BCUT2D eigenvalue weighted by molar-refractivity contribution is 5.99. The normalized spacial score (nSPS) is 34.8. The highest BCUT2D eigenvalue weighted by atomic mass is 16.5. The second-order valence-electron chi connectivity index (χ2n) is 8.40. The monoisotopic (exact) mass is 375 g/mol. The number of hydrogen-bond acceptors (Lipinski definition) is 5. The molecule has 2 aromatic rings. The lowest BCUT2D eigenvalue weighted by Crippen LogP contribution is -2.75. The Labute approximate surface area is 162 Å². The summed E-state index contributed by atoms with van der Waals surface area (Å²) in [6, 6.07) is 13.7. The fourth-order valence-electron chi connectivity index (χ4n) is 6.02. The number of piperidine rings is 1. The number of carbonyl (C=O) groups excluding carboxylic acids is 1. The van der Waals surface area contributed by atoms with Crippen LogP contribution in [0.4, 0.5) is 0 Å². The summed E-state index contributed by atoms with van der Waals surface area (Å²) in [5.74, 6) is 0.291. The molecule has 28 heavy (non-hydrogen) atoms. The van der Waals surface area contributed by atoms with Gasteiger partial charge in [-0.1, -0.05) is 36.4 Å². The Bertz CT molecular complexity index is 1030. The van der Waals surface area contributed by atoms with E-state index in [4.69, 9.17) is 4.74 Å². The summed E-state index contributed by atoms with van der Waals surface area (Å²) in [4.78, 5) is 15.1. The van der Waals surface area contributed by atoms with Gasteiger partial charge in [0.1, 0.15) is 5.60 Å². The predicted molar refractivity (Wildman–Crippen MR) is 102 cm³/mol. The molecule has 2 bridgehead atoms. The Hall–Kier alpha value is -2.63. The second-order valence-corrected chi connectivity index (χ2v) is 8.40. The van der Waals surface area contributed by atoms with Crippen molar-refractivity contribution in [1.29, 1.82) is 0 Å². The van der Waals surface area contributed by atoms with Crippen molar-refractivity contribution >= 4 is 5.78 Å². The highest BCUT2D eigenvalue weighted by Gasteiger charge is 2.71. The van der Waals surface area contributed by atoms with E-state index in [-0.39, 0.29) is 17.6 Å². The van der Waals surface area contributed by atoms with Gasteiger partial charge in [0.2, 0.25) is 0 Å². The van der Waals surface area contributed by atoms with Gasteiger partial charge in [0.15, 0.2) is 23.4 Å². The van der Waals surface area contributed by atoms with Gasteiger partial charge in [-0.15, -0.1) is 0 Å². The topological polar surface area (TPSA) is 70.0 Å². The molecule has 2 aliphatic heterocycles. The van der Waals surface area contributed by atoms with Crippen LogP contribution in [0, 0.1) is 0 Å². The van der Waals surface area contributed by atoms with Crippen molar-refractivity contribution in [3.63, 3.8) is 0 Å². The fourth-order valence-corrected chi connectivity index (χ4v) is 6.02. The molecule has 6 rings (SSSR count). The Kier molecular flexibility index (Phi) is 3.06. The number of benzene rings is 2. The van der Waals surface area contributed by atoms with E-state index >= 15 is 0 Å². The summed E-state index contributed by atoms with van der Waals surface area (Å²) in [7, 11) is 0. The Morgan fingerprint density at radius 3 is 2.82 bits per heavy atom. The third kappa shape index (κ3) is 1.77. The van der Waals surface area contributed by atoms with E-state index in [2.05, 4.69) is 17.0 Å². The molecule has 0 amide bonds. The number of phenolic OH excluding ortho intramolecular Hbond substituents is 1. The number of ketones is 1. The lowest BCUT2D eigenvalue weighted by molar-refractivity contribution is -0.155. The van der Waals surface area contributed by atoms with Crippen molar-refractivity contribution in [3.8, 4) is 11.5 Å². The number of hydrogen-bond donors (Lipinski definition) is 2. The van der Waals surface area contributed by atoms with Crippen LogP contribution in [0.5, 0.6) is 11.5 Å². The first-order valence-corrected chi connectivity index (χ1v) is 9.80. The summed E-state index contributed by atoms with van der Waals surface area (Å²) in [5.41, 5.74) is 1.08. The van der Waals surface area contributed by atoms with Crippen molar-refractivity contribution in [2.24, 2.45) is 0 Å². The SMILES string of the molecule is O=C1C=C[C@@]2(O)[C@H]3Cc4ccc(O)c5c4C2(CCN3Cc2ccccc2)[C@H]1O5. The predicted octanol–water partition coefficient (Wildman–Crippen LogP) is 2.09. The number of aliphatic hydroxyl groups is 1. The molecule has 4 atom stereocenters. The van der Waals surface area contributed by atoms with Gasteiger partial charge in [0.05, 0.1) is 5.41 Å². The maximum atomic E-state index is 12.7. The van der Waals surface area contributed by atoms with E-state index in [1.54, 1.807) is 12.1 Å². The summed E-state index contributed by atoms with van der Waals surface area (Å²) in [6.07, 6.45) is 3.65. The van der Waals surface area contributed by atoms with Crippen LogP contribution in [0.15, 0.2) is 54.6 Å². The maximum Gasteiger partial charge on any atom is 0.196 e. The van der Waals surface area contributed by atoms with Gasteiger partial charge in [-0.2, -0.15) is 0 Å². The summed E-state index contributed by atoms with van der Waals surface area (Å²) in [6.45, 7) is 1.51. The van der Waals surface area contributed by atoms with Crippen molar-refractivity contribution in [3.05, 3.63) is 71.3 Å². The number of aromatic hydroxyl groups is 1. The van der Waals surface area contributed by atoms with Gasteiger partial charge in [-0.3, -0.25) is 9.69 Å². The minimum atomic E-state index is -1.20. The molecule has 1 spiro atoms. The summed E-state index contributed by atoms with van der Waals surface area (Å²) < 4.78 is 6.01. The smallest absolute Gasteiger partial charge is 0.196 e. The van der Waals surface area contributed by atoms with Crippen LogP contribution in [0.2, 0.25) is 0 Å². The molecule has 142 valence electrons. The number of ether oxygens (including phenoxy) is 1. The first kappa shape index (κ1) is 16.3. The van der Waals surface area contributed by atoms with Crippen molar-refractivity contribution in [2.75, 3.05) is 6.54 Å². The molecule has 2 heterocycles. The molecule has 1 fully saturated rings. The quantitative estimate of drug-likeness (QED) is 0.841. The molecule has 1 unspecified atom stereocenters. The van der Waals surface area contributed by atoms with E-state index in [0.29, 0.717) is 18.6 Å². The van der Waals surface area contributed by atoms with Crippen LogP contribution in [0.25, 0.3) is 0 Å². The lowest BCUT2D eigenvalue weighted by atomic mass is 9.51. The van der Waals surface area contributed by atoms with Crippen LogP contribution in [0.3, 0.4) is 0 Å². The molecule has 2 aliphatic carbocycles. The second kappa shape index (κ2) is 5.25. The number of likely N-dealkylation sites (tertiary alicyclic amines) is 1. The Balaban J connectivity index is 1.54. The average molecular weight is 375 g/mol. The zero-order valence-electron chi connectivity index (χ0n) is 15.3. The van der Waals surface area contributed by atoms with Gasteiger partial charge in [0, 0.05) is 24.7 Å². The molecular formula is C23H21NO4. The third-order valence-corrected chi connectivity index (χ3v) is 7.21. The van der Waals surface area contributed by atoms with Gasteiger partial charge in [-0.05, 0) is 42.2 Å². The molecule has 5 nitrogen and oxygen atoms in total. The Morgan fingerprint density at radius 1 is 1.18 bits per heavy atom. The first-order chi connectivity index (χ1) is 13.5. The Morgan fingerprint density at radius 2 is 2.00 bits per heavy atom. The number of rotatable bonds is 2. The number of nitrogens with zero attached hydrogens (tertiary/aromatic N) is 1. The van der Waals surface area contributed by atoms with Crippen LogP contribution in [-0.4, -0.2) is 45.2 Å². The maximum absolute atomic E-state index is 12.7. The van der Waals surface area contributed by atoms with E-state index in [9.17, 15) is 15.0 Å². The third-order valence-electron chi connectivity index (χ3n) is 7.21. The number of carbonyl (C=O) groups is 1. The van der Waals surface area contributed by atoms with Gasteiger partial charge >= 0.3 is 0 Å². The van der Waals surface area contributed by atoms with E-state index in [1.165, 1.54) is 11.6 Å². The average Bonchev–Trinajstić information content (AvgIpc) is 3.05.